The van der Waals surface area contributed by atoms with Crippen molar-refractivity contribution in [3.63, 3.8) is 0 Å². The van der Waals surface area contributed by atoms with Gasteiger partial charge in [-0.15, -0.1) is 0 Å². The molecule has 0 atom stereocenters. The van der Waals surface area contributed by atoms with Crippen molar-refractivity contribution >= 4 is 17.5 Å². The minimum atomic E-state index is -0.229. The SMILES string of the molecule is NCCCNC(=O)c1ccoc1Cl. The lowest BCUT2D eigenvalue weighted by Crippen LogP contribution is -2.25. The molecule has 1 amide bonds. The molecule has 13 heavy (non-hydrogen) atoms. The van der Waals surface area contributed by atoms with Crippen LogP contribution in [0.3, 0.4) is 0 Å². The molecule has 3 N–H and O–H groups in total. The van der Waals surface area contributed by atoms with Gasteiger partial charge in [0.25, 0.3) is 5.91 Å². The topological polar surface area (TPSA) is 68.3 Å². The highest BCUT2D eigenvalue weighted by Crippen LogP contribution is 2.15. The highest BCUT2D eigenvalue weighted by atomic mass is 35.5. The van der Waals surface area contributed by atoms with E-state index in [4.69, 9.17) is 21.8 Å². The van der Waals surface area contributed by atoms with Gasteiger partial charge in [-0.05, 0) is 30.6 Å². The Morgan fingerprint density at radius 3 is 3.00 bits per heavy atom. The Balaban J connectivity index is 2.45. The number of hydrogen-bond donors (Lipinski definition) is 2. The maximum atomic E-state index is 11.3. The predicted molar refractivity (Wildman–Crippen MR) is 49.7 cm³/mol. The smallest absolute Gasteiger partial charge is 0.256 e. The van der Waals surface area contributed by atoms with Crippen molar-refractivity contribution in [1.82, 2.24) is 5.32 Å². The molecule has 0 unspecified atom stereocenters. The van der Waals surface area contributed by atoms with Crippen LogP contribution in [0.4, 0.5) is 0 Å². The number of nitrogens with two attached hydrogens (primary N) is 1. The van der Waals surface area contributed by atoms with Crippen molar-refractivity contribution in [2.75, 3.05) is 13.1 Å². The number of carbonyl (C=O) groups excluding carboxylic acids is 1. The molecule has 1 heterocycles. The van der Waals surface area contributed by atoms with E-state index < -0.39 is 0 Å². The minimum Gasteiger partial charge on any atom is -0.452 e. The largest absolute Gasteiger partial charge is 0.452 e. The number of amides is 1. The van der Waals surface area contributed by atoms with Gasteiger partial charge >= 0.3 is 0 Å². The number of halogens is 1. The third-order valence-corrected chi connectivity index (χ3v) is 1.82. The molecule has 5 heteroatoms. The number of carbonyl (C=O) groups is 1. The Hall–Kier alpha value is -1.00. The third kappa shape index (κ3) is 2.75. The van der Waals surface area contributed by atoms with Crippen molar-refractivity contribution < 1.29 is 9.21 Å². The predicted octanol–water partition coefficient (Wildman–Crippen LogP) is 1.01. The van der Waals surface area contributed by atoms with E-state index in [0.29, 0.717) is 18.7 Å². The monoisotopic (exact) mass is 202 g/mol. The molecule has 4 nitrogen and oxygen atoms in total. The number of hydrogen-bond acceptors (Lipinski definition) is 3. The van der Waals surface area contributed by atoms with E-state index in [0.717, 1.165) is 6.42 Å². The van der Waals surface area contributed by atoms with Gasteiger partial charge in [-0.25, -0.2) is 0 Å². The summed E-state index contributed by atoms with van der Waals surface area (Å²) >= 11 is 5.60. The minimum absolute atomic E-state index is 0.116. The van der Waals surface area contributed by atoms with Crippen molar-refractivity contribution in [3.05, 3.63) is 23.1 Å². The van der Waals surface area contributed by atoms with E-state index in [9.17, 15) is 4.79 Å². The molecule has 0 saturated heterocycles. The van der Waals surface area contributed by atoms with Gasteiger partial charge in [-0.3, -0.25) is 4.79 Å². The van der Waals surface area contributed by atoms with E-state index in [1.54, 1.807) is 0 Å². The Labute approximate surface area is 81.0 Å². The van der Waals surface area contributed by atoms with E-state index in [1.165, 1.54) is 12.3 Å². The quantitative estimate of drug-likeness (QED) is 0.717. The van der Waals surface area contributed by atoms with Crippen molar-refractivity contribution in [3.8, 4) is 0 Å². The number of furan rings is 1. The summed E-state index contributed by atoms with van der Waals surface area (Å²) in [5.41, 5.74) is 5.63. The molecule has 0 fully saturated rings. The average molecular weight is 203 g/mol. The van der Waals surface area contributed by atoms with Gasteiger partial charge in [-0.2, -0.15) is 0 Å². The van der Waals surface area contributed by atoms with Crippen LogP contribution in [-0.2, 0) is 0 Å². The molecule has 72 valence electrons. The second-order valence-electron chi connectivity index (χ2n) is 2.51. The summed E-state index contributed by atoms with van der Waals surface area (Å²) in [6.07, 6.45) is 2.13. The fourth-order valence-corrected chi connectivity index (χ4v) is 1.06. The first-order chi connectivity index (χ1) is 6.25. The second-order valence-corrected chi connectivity index (χ2v) is 2.85. The number of rotatable bonds is 4. The fraction of sp³-hybridized carbons (Fsp3) is 0.375. The van der Waals surface area contributed by atoms with Crippen LogP contribution in [0, 0.1) is 0 Å². The van der Waals surface area contributed by atoms with E-state index in [-0.39, 0.29) is 11.1 Å². The van der Waals surface area contributed by atoms with Crippen LogP contribution in [0.1, 0.15) is 16.8 Å². The van der Waals surface area contributed by atoms with E-state index in [1.807, 2.05) is 0 Å². The molecule has 0 aliphatic carbocycles. The lowest BCUT2D eigenvalue weighted by molar-refractivity contribution is 0.0953. The number of nitrogens with one attached hydrogen (secondary N) is 1. The zero-order valence-electron chi connectivity index (χ0n) is 7.05. The summed E-state index contributed by atoms with van der Waals surface area (Å²) in [6.45, 7) is 1.11. The molecule has 0 saturated carbocycles. The maximum absolute atomic E-state index is 11.3. The summed E-state index contributed by atoms with van der Waals surface area (Å²) in [4.78, 5) is 11.3. The summed E-state index contributed by atoms with van der Waals surface area (Å²) in [6, 6.07) is 1.53. The van der Waals surface area contributed by atoms with Crippen molar-refractivity contribution in [1.29, 1.82) is 0 Å². The highest BCUT2D eigenvalue weighted by molar-refractivity contribution is 6.32. The summed E-state index contributed by atoms with van der Waals surface area (Å²) in [5, 5.41) is 2.78. The molecule has 1 aromatic rings. The zero-order valence-corrected chi connectivity index (χ0v) is 7.80. The molecule has 0 aromatic carbocycles. The molecular weight excluding hydrogens is 192 g/mol. The second kappa shape index (κ2) is 4.89. The van der Waals surface area contributed by atoms with Crippen LogP contribution >= 0.6 is 11.6 Å². The van der Waals surface area contributed by atoms with Crippen LogP contribution in [0.25, 0.3) is 0 Å². The average Bonchev–Trinajstić information content (AvgIpc) is 2.52. The normalized spacial score (nSPS) is 10.0. The fourth-order valence-electron chi connectivity index (χ4n) is 0.855. The van der Waals surface area contributed by atoms with Gasteiger partial charge in [0.15, 0.2) is 0 Å². The van der Waals surface area contributed by atoms with Gasteiger partial charge < -0.3 is 15.5 Å². The van der Waals surface area contributed by atoms with Crippen LogP contribution in [0.15, 0.2) is 16.7 Å². The lowest BCUT2D eigenvalue weighted by Gasteiger charge is -2.01. The van der Waals surface area contributed by atoms with Gasteiger partial charge in [0.2, 0.25) is 5.22 Å². The van der Waals surface area contributed by atoms with Crippen LogP contribution in [-0.4, -0.2) is 19.0 Å². The van der Waals surface area contributed by atoms with Crippen molar-refractivity contribution in [2.24, 2.45) is 5.73 Å². The molecule has 1 rings (SSSR count). The van der Waals surface area contributed by atoms with Crippen LogP contribution in [0.5, 0.6) is 0 Å². The lowest BCUT2D eigenvalue weighted by atomic mass is 10.3. The van der Waals surface area contributed by atoms with E-state index in [2.05, 4.69) is 5.32 Å². The Morgan fingerprint density at radius 1 is 1.69 bits per heavy atom. The third-order valence-electron chi connectivity index (χ3n) is 1.53. The van der Waals surface area contributed by atoms with Gasteiger partial charge in [0.1, 0.15) is 0 Å². The Kier molecular flexibility index (Phi) is 3.79. The summed E-state index contributed by atoms with van der Waals surface area (Å²) in [5.74, 6) is -0.229. The van der Waals surface area contributed by atoms with Crippen molar-refractivity contribution in [2.45, 2.75) is 6.42 Å². The first-order valence-corrected chi connectivity index (χ1v) is 4.34. The molecule has 0 aliphatic heterocycles. The van der Waals surface area contributed by atoms with Crippen LogP contribution in [0.2, 0.25) is 5.22 Å². The van der Waals surface area contributed by atoms with E-state index >= 15 is 0 Å². The molecule has 0 spiro atoms. The van der Waals surface area contributed by atoms with Crippen LogP contribution < -0.4 is 11.1 Å². The zero-order chi connectivity index (χ0) is 9.68. The standard InChI is InChI=1S/C8H11ClN2O2/c9-7-6(2-5-13-7)8(12)11-4-1-3-10/h2,5H,1,3-4,10H2,(H,11,12). The highest BCUT2D eigenvalue weighted by Gasteiger charge is 2.11. The molecule has 0 aliphatic rings. The first-order valence-electron chi connectivity index (χ1n) is 3.97. The Morgan fingerprint density at radius 2 is 2.46 bits per heavy atom. The van der Waals surface area contributed by atoms with Gasteiger partial charge in [0, 0.05) is 6.54 Å². The first kappa shape index (κ1) is 10.1. The molecular formula is C8H11ClN2O2. The van der Waals surface area contributed by atoms with Gasteiger partial charge in [-0.1, -0.05) is 0 Å². The molecule has 0 bridgehead atoms. The molecule has 0 radical (unpaired) electrons. The summed E-state index contributed by atoms with van der Waals surface area (Å²) < 4.78 is 4.77. The van der Waals surface area contributed by atoms with Gasteiger partial charge in [0.05, 0.1) is 11.8 Å². The Bertz CT molecular complexity index is 285. The molecule has 1 aromatic heterocycles. The maximum Gasteiger partial charge on any atom is 0.256 e. The summed E-state index contributed by atoms with van der Waals surface area (Å²) in [7, 11) is 0.